The van der Waals surface area contributed by atoms with Crippen molar-refractivity contribution in [3.63, 3.8) is 0 Å². The lowest BCUT2D eigenvalue weighted by atomic mass is 9.65. The van der Waals surface area contributed by atoms with Crippen molar-refractivity contribution in [1.29, 1.82) is 5.26 Å². The second-order valence-corrected chi connectivity index (χ2v) is 16.8. The van der Waals surface area contributed by atoms with Gasteiger partial charge in [-0.2, -0.15) is 5.26 Å². The Morgan fingerprint density at radius 2 is 0.908 bits per heavy atom. The SMILES string of the molecule is N#Cc1ccc2c(c1)c1cc(-c3ccc4c(c3)C3(c5cc(-c6nc(-c7ccccc7)cc(-c7ccccc7)n6)ccc5O4)c4ccccc4-c4ccccc43)ccc1n2-c1ccccc1. The summed E-state index contributed by atoms with van der Waals surface area (Å²) < 4.78 is 9.28. The first-order valence-corrected chi connectivity index (χ1v) is 21.9. The van der Waals surface area contributed by atoms with Gasteiger partial charge in [0.15, 0.2) is 5.82 Å². The lowest BCUT2D eigenvalue weighted by Crippen LogP contribution is -2.32. The van der Waals surface area contributed by atoms with Crippen LogP contribution in [-0.2, 0) is 5.41 Å². The van der Waals surface area contributed by atoms with E-state index < -0.39 is 5.41 Å². The molecule has 5 nitrogen and oxygen atoms in total. The third-order valence-electron chi connectivity index (χ3n) is 13.3. The van der Waals surface area contributed by atoms with Crippen LogP contribution < -0.4 is 4.74 Å². The van der Waals surface area contributed by atoms with Crippen molar-refractivity contribution < 1.29 is 4.74 Å². The summed E-state index contributed by atoms with van der Waals surface area (Å²) in [6.45, 7) is 0. The molecule has 0 amide bonds. The molecule has 2 aromatic heterocycles. The van der Waals surface area contributed by atoms with Gasteiger partial charge in [0.25, 0.3) is 0 Å². The van der Waals surface area contributed by atoms with Gasteiger partial charge in [-0.15, -0.1) is 0 Å². The van der Waals surface area contributed by atoms with Crippen molar-refractivity contribution >= 4 is 21.8 Å². The van der Waals surface area contributed by atoms with E-state index in [1.54, 1.807) is 0 Å². The second kappa shape index (κ2) is 14.4. The number of aromatic nitrogens is 3. The fraction of sp³-hybridized carbons (Fsp3) is 0.0167. The van der Waals surface area contributed by atoms with Crippen LogP contribution in [0, 0.1) is 11.3 Å². The first-order chi connectivity index (χ1) is 32.2. The average Bonchev–Trinajstić information content (AvgIpc) is 3.87. The zero-order chi connectivity index (χ0) is 43.1. The maximum atomic E-state index is 9.97. The van der Waals surface area contributed by atoms with Crippen molar-refractivity contribution in [2.45, 2.75) is 5.41 Å². The van der Waals surface area contributed by atoms with Gasteiger partial charge in [-0.25, -0.2) is 9.97 Å². The highest BCUT2D eigenvalue weighted by atomic mass is 16.5. The molecule has 3 heterocycles. The van der Waals surface area contributed by atoms with Crippen molar-refractivity contribution in [3.8, 4) is 79.4 Å². The van der Waals surface area contributed by atoms with Gasteiger partial charge in [-0.1, -0.05) is 140 Å². The van der Waals surface area contributed by atoms with Gasteiger partial charge in [0.2, 0.25) is 0 Å². The largest absolute Gasteiger partial charge is 0.457 e. The quantitative estimate of drug-likeness (QED) is 0.173. The number of nitrogens with zero attached hydrogens (tertiary/aromatic N) is 4. The second-order valence-electron chi connectivity index (χ2n) is 16.8. The Bertz CT molecular complexity index is 3650. The van der Waals surface area contributed by atoms with Crippen molar-refractivity contribution in [2.24, 2.45) is 0 Å². The van der Waals surface area contributed by atoms with E-state index in [0.29, 0.717) is 11.4 Å². The van der Waals surface area contributed by atoms with Gasteiger partial charge in [-0.05, 0) is 112 Å². The zero-order valence-corrected chi connectivity index (χ0v) is 35.0. The molecule has 9 aromatic carbocycles. The van der Waals surface area contributed by atoms with Gasteiger partial charge in [0, 0.05) is 44.3 Å². The van der Waals surface area contributed by atoms with E-state index in [0.717, 1.165) is 89.3 Å². The summed E-state index contributed by atoms with van der Waals surface area (Å²) in [5, 5.41) is 12.1. The van der Waals surface area contributed by atoms with E-state index in [2.05, 4.69) is 174 Å². The van der Waals surface area contributed by atoms with Crippen molar-refractivity contribution in [2.75, 3.05) is 0 Å². The molecule has 1 aliphatic heterocycles. The van der Waals surface area contributed by atoms with Crippen LogP contribution in [0.1, 0.15) is 27.8 Å². The van der Waals surface area contributed by atoms with Crippen LogP contribution in [0.3, 0.4) is 0 Å². The molecule has 302 valence electrons. The van der Waals surface area contributed by atoms with Crippen LogP contribution in [0.25, 0.3) is 83.6 Å². The number of nitriles is 1. The van der Waals surface area contributed by atoms with Crippen LogP contribution in [0.15, 0.2) is 218 Å². The minimum Gasteiger partial charge on any atom is -0.457 e. The highest BCUT2D eigenvalue weighted by molar-refractivity contribution is 6.11. The highest BCUT2D eigenvalue weighted by Crippen LogP contribution is 2.62. The Morgan fingerprint density at radius 3 is 1.52 bits per heavy atom. The van der Waals surface area contributed by atoms with Crippen molar-refractivity contribution in [3.05, 3.63) is 246 Å². The Labute approximate surface area is 375 Å². The number of ether oxygens (including phenoxy) is 1. The maximum absolute atomic E-state index is 9.97. The van der Waals surface area contributed by atoms with E-state index in [1.807, 2.05) is 54.6 Å². The van der Waals surface area contributed by atoms with Crippen LogP contribution in [0.4, 0.5) is 0 Å². The van der Waals surface area contributed by atoms with Gasteiger partial charge in [0.05, 0.1) is 39.5 Å². The standard InChI is InChI=1S/C60H36N4O/c61-37-38-24-28-55-47(32-38)48-33-41(25-29-56(48)64(55)44-18-8-3-9-19-44)42-26-30-57-51(34-42)60(49-22-12-10-20-45(49)46-21-11-13-23-50(46)60)52-35-43(27-31-58(52)65-57)59-62-53(39-14-4-1-5-15-39)36-54(63-59)40-16-6-2-7-17-40/h1-36H. The van der Waals surface area contributed by atoms with Gasteiger partial charge >= 0.3 is 0 Å². The summed E-state index contributed by atoms with van der Waals surface area (Å²) in [7, 11) is 0. The van der Waals surface area contributed by atoms with E-state index in [4.69, 9.17) is 14.7 Å². The van der Waals surface area contributed by atoms with Crippen LogP contribution in [-0.4, -0.2) is 14.5 Å². The molecule has 0 saturated carbocycles. The molecule has 0 N–H and O–H groups in total. The van der Waals surface area contributed by atoms with Crippen LogP contribution in [0.5, 0.6) is 11.5 Å². The molecule has 1 spiro atoms. The van der Waals surface area contributed by atoms with Crippen LogP contribution in [0.2, 0.25) is 0 Å². The molecule has 0 radical (unpaired) electrons. The number of rotatable bonds is 5. The number of hydrogen-bond donors (Lipinski definition) is 0. The zero-order valence-electron chi connectivity index (χ0n) is 35.0. The van der Waals surface area contributed by atoms with Crippen LogP contribution >= 0.6 is 0 Å². The summed E-state index contributed by atoms with van der Waals surface area (Å²) >= 11 is 0. The molecule has 11 aromatic rings. The summed E-state index contributed by atoms with van der Waals surface area (Å²) in [5.41, 5.74) is 16.9. The highest BCUT2D eigenvalue weighted by Gasteiger charge is 2.51. The van der Waals surface area contributed by atoms with Crippen molar-refractivity contribution in [1.82, 2.24) is 14.5 Å². The fourth-order valence-corrected chi connectivity index (χ4v) is 10.4. The topological polar surface area (TPSA) is 63.7 Å². The summed E-state index contributed by atoms with van der Waals surface area (Å²) in [5.74, 6) is 2.26. The minimum absolute atomic E-state index is 0.632. The van der Waals surface area contributed by atoms with E-state index in [1.165, 1.54) is 22.3 Å². The average molecular weight is 829 g/mol. The Kier molecular flexibility index (Phi) is 8.12. The lowest BCUT2D eigenvalue weighted by molar-refractivity contribution is 0.436. The molecule has 0 unspecified atom stereocenters. The molecule has 0 fully saturated rings. The Balaban J connectivity index is 1.04. The number of hydrogen-bond acceptors (Lipinski definition) is 4. The molecule has 1 aliphatic carbocycles. The third-order valence-corrected chi connectivity index (χ3v) is 13.3. The molecule has 13 rings (SSSR count). The maximum Gasteiger partial charge on any atom is 0.160 e. The first-order valence-electron chi connectivity index (χ1n) is 21.9. The molecular weight excluding hydrogens is 793 g/mol. The molecule has 0 saturated heterocycles. The third kappa shape index (κ3) is 5.58. The normalized spacial score (nSPS) is 12.8. The van der Waals surface area contributed by atoms with Gasteiger partial charge in [0.1, 0.15) is 11.5 Å². The fourth-order valence-electron chi connectivity index (χ4n) is 10.4. The number of benzene rings is 9. The molecule has 5 heteroatoms. The van der Waals surface area contributed by atoms with Gasteiger partial charge < -0.3 is 9.30 Å². The van der Waals surface area contributed by atoms with E-state index in [-0.39, 0.29) is 0 Å². The summed E-state index contributed by atoms with van der Waals surface area (Å²) in [6.07, 6.45) is 0. The predicted octanol–water partition coefficient (Wildman–Crippen LogP) is 14.6. The monoisotopic (exact) mass is 828 g/mol. The molecule has 2 aliphatic rings. The van der Waals surface area contributed by atoms with Gasteiger partial charge in [-0.3, -0.25) is 0 Å². The predicted molar refractivity (Wildman–Crippen MR) is 260 cm³/mol. The van der Waals surface area contributed by atoms with E-state index in [9.17, 15) is 5.26 Å². The number of fused-ring (bicyclic) bond motifs is 12. The summed E-state index contributed by atoms with van der Waals surface area (Å²) in [6, 6.07) is 78.9. The Hall–Kier alpha value is -8.85. The first kappa shape index (κ1) is 36.8. The lowest BCUT2D eigenvalue weighted by Gasteiger charge is -2.40. The molecule has 65 heavy (non-hydrogen) atoms. The summed E-state index contributed by atoms with van der Waals surface area (Å²) in [4.78, 5) is 10.5. The molecule has 0 bridgehead atoms. The Morgan fingerprint density at radius 1 is 0.415 bits per heavy atom. The molecular formula is C60H36N4O. The number of para-hydroxylation sites is 1. The molecule has 0 atom stereocenters. The smallest absolute Gasteiger partial charge is 0.160 e. The van der Waals surface area contributed by atoms with E-state index >= 15 is 0 Å². The minimum atomic E-state index is -0.726.